The number of methoxy groups -OCH3 is 2. The van der Waals surface area contributed by atoms with Crippen LogP contribution in [0.4, 0.5) is 11.4 Å². The van der Waals surface area contributed by atoms with Gasteiger partial charge in [-0.15, -0.1) is 0 Å². The van der Waals surface area contributed by atoms with Crippen molar-refractivity contribution in [2.24, 2.45) is 0 Å². The predicted molar refractivity (Wildman–Crippen MR) is 179 cm³/mol. The van der Waals surface area contributed by atoms with Gasteiger partial charge in [0, 0.05) is 11.4 Å². The second-order valence-electron chi connectivity index (χ2n) is 12.4. The maximum absolute atomic E-state index is 5.93. The van der Waals surface area contributed by atoms with E-state index in [1.54, 1.807) is 14.2 Å². The molecule has 0 heterocycles. The molecule has 216 valence electrons. The molecule has 3 nitrogen and oxygen atoms in total. The first-order chi connectivity index (χ1) is 20.7. The predicted octanol–water partition coefficient (Wildman–Crippen LogP) is 9.90. The van der Waals surface area contributed by atoms with Crippen molar-refractivity contribution >= 4 is 11.4 Å². The van der Waals surface area contributed by atoms with Crippen molar-refractivity contribution in [3.05, 3.63) is 128 Å². The van der Waals surface area contributed by atoms with Crippen molar-refractivity contribution < 1.29 is 9.47 Å². The maximum Gasteiger partial charge on any atom is 0.161 e. The number of nitrogens with one attached hydrogen (secondary N) is 1. The number of ether oxygens (including phenoxy) is 2. The summed E-state index contributed by atoms with van der Waals surface area (Å²) < 4.78 is 11.8. The van der Waals surface area contributed by atoms with Crippen molar-refractivity contribution in [3.8, 4) is 33.8 Å². The van der Waals surface area contributed by atoms with Crippen LogP contribution >= 0.6 is 0 Å². The fourth-order valence-corrected chi connectivity index (χ4v) is 7.41. The zero-order valence-electron chi connectivity index (χ0n) is 26.5. The number of hydrogen-bond donors (Lipinski definition) is 1. The number of benzene rings is 5. The minimum absolute atomic E-state index is 0.478. The van der Waals surface area contributed by atoms with Gasteiger partial charge in [0.2, 0.25) is 0 Å². The highest BCUT2D eigenvalue weighted by atomic mass is 16.5. The van der Waals surface area contributed by atoms with Crippen molar-refractivity contribution in [3.63, 3.8) is 0 Å². The van der Waals surface area contributed by atoms with Crippen LogP contribution in [-0.4, -0.2) is 14.2 Å². The molecule has 1 spiro atoms. The van der Waals surface area contributed by atoms with Crippen LogP contribution in [0.2, 0.25) is 0 Å². The third-order valence-electron chi connectivity index (χ3n) is 9.99. The quantitative estimate of drug-likeness (QED) is 0.225. The van der Waals surface area contributed by atoms with E-state index >= 15 is 0 Å². The summed E-state index contributed by atoms with van der Waals surface area (Å²) in [6, 6.07) is 27.7. The number of rotatable bonds is 5. The summed E-state index contributed by atoms with van der Waals surface area (Å²) in [5, 5.41) is 3.79. The van der Waals surface area contributed by atoms with Crippen LogP contribution in [0, 0.1) is 34.6 Å². The number of aryl methyl sites for hydroxylation is 6. The van der Waals surface area contributed by atoms with Gasteiger partial charge in [-0.2, -0.15) is 0 Å². The Kier molecular flexibility index (Phi) is 6.21. The lowest BCUT2D eigenvalue weighted by Gasteiger charge is -2.32. The highest BCUT2D eigenvalue weighted by molar-refractivity contribution is 5.97. The minimum atomic E-state index is -0.478. The molecule has 1 N–H and O–H groups in total. The zero-order chi connectivity index (χ0) is 30.2. The topological polar surface area (TPSA) is 30.5 Å². The molecule has 0 fully saturated rings. The summed E-state index contributed by atoms with van der Waals surface area (Å²) in [5.74, 6) is 1.51. The first-order valence-electron chi connectivity index (χ1n) is 15.2. The standard InChI is InChI=1S/C40H39NO2/c1-9-27-10-12-29-32-20-38(42-7)39(43-8)21-36(32)40(34(29)18-27)33-16-24(4)23(3)15-31(33)30-13-11-28(19-35(30)40)41-37-17-25(5)22(2)14-26(37)6/h10-21,41H,9H2,1-8H3. The molecule has 43 heavy (non-hydrogen) atoms. The van der Waals surface area contributed by atoms with Crippen LogP contribution in [0.3, 0.4) is 0 Å². The normalized spacial score (nSPS) is 15.6. The second kappa shape index (κ2) is 9.77. The summed E-state index contributed by atoms with van der Waals surface area (Å²) in [7, 11) is 3.45. The highest BCUT2D eigenvalue weighted by Gasteiger charge is 2.52. The second-order valence-corrected chi connectivity index (χ2v) is 12.4. The first-order valence-corrected chi connectivity index (χ1v) is 15.2. The van der Waals surface area contributed by atoms with Gasteiger partial charge in [-0.05, 0) is 149 Å². The van der Waals surface area contributed by atoms with Crippen molar-refractivity contribution in [2.45, 2.75) is 53.4 Å². The van der Waals surface area contributed by atoms with E-state index in [0.717, 1.165) is 29.3 Å². The SMILES string of the molecule is CCc1ccc2c(c1)C1(c3cc(Nc4cc(C)c(C)cc4C)ccc3-c3cc(C)c(C)cc31)c1cc(OC)c(OC)cc1-2. The maximum atomic E-state index is 5.93. The summed E-state index contributed by atoms with van der Waals surface area (Å²) in [6.07, 6.45) is 0.979. The number of hydrogen-bond acceptors (Lipinski definition) is 3. The van der Waals surface area contributed by atoms with E-state index in [2.05, 4.69) is 120 Å². The van der Waals surface area contributed by atoms with Gasteiger partial charge in [-0.25, -0.2) is 0 Å². The molecule has 0 amide bonds. The highest BCUT2D eigenvalue weighted by Crippen LogP contribution is 2.64. The molecule has 7 rings (SSSR count). The molecule has 0 aromatic heterocycles. The number of fused-ring (bicyclic) bond motifs is 10. The third kappa shape index (κ3) is 3.80. The molecule has 2 aliphatic carbocycles. The van der Waals surface area contributed by atoms with Crippen LogP contribution in [0.5, 0.6) is 11.5 Å². The van der Waals surface area contributed by atoms with E-state index in [4.69, 9.17) is 9.47 Å². The lowest BCUT2D eigenvalue weighted by atomic mass is 9.70. The van der Waals surface area contributed by atoms with Crippen LogP contribution < -0.4 is 14.8 Å². The molecule has 0 bridgehead atoms. The number of anilines is 2. The van der Waals surface area contributed by atoms with Crippen LogP contribution in [-0.2, 0) is 11.8 Å². The van der Waals surface area contributed by atoms with Crippen LogP contribution in [0.15, 0.2) is 72.8 Å². The van der Waals surface area contributed by atoms with Crippen LogP contribution in [0.25, 0.3) is 22.3 Å². The Balaban J connectivity index is 1.57. The van der Waals surface area contributed by atoms with Gasteiger partial charge in [0.15, 0.2) is 11.5 Å². The van der Waals surface area contributed by atoms with Crippen molar-refractivity contribution in [1.82, 2.24) is 0 Å². The van der Waals surface area contributed by atoms with E-state index in [1.165, 1.54) is 77.9 Å². The van der Waals surface area contributed by atoms with Gasteiger partial charge in [-0.1, -0.05) is 49.4 Å². The van der Waals surface area contributed by atoms with Crippen LogP contribution in [0.1, 0.15) is 62.6 Å². The van der Waals surface area contributed by atoms with E-state index in [-0.39, 0.29) is 0 Å². The Bertz CT molecular complexity index is 1970. The molecular weight excluding hydrogens is 526 g/mol. The molecule has 0 radical (unpaired) electrons. The van der Waals surface area contributed by atoms with Crippen molar-refractivity contribution in [2.75, 3.05) is 19.5 Å². The van der Waals surface area contributed by atoms with E-state index in [1.807, 2.05) is 0 Å². The molecule has 1 unspecified atom stereocenters. The molecular formula is C40H39NO2. The van der Waals surface area contributed by atoms with E-state index in [0.29, 0.717) is 0 Å². The Hall–Kier alpha value is -4.50. The van der Waals surface area contributed by atoms with E-state index in [9.17, 15) is 0 Å². The smallest absolute Gasteiger partial charge is 0.161 e. The fraction of sp³-hybridized carbons (Fsp3) is 0.250. The Morgan fingerprint density at radius 1 is 0.535 bits per heavy atom. The summed E-state index contributed by atoms with van der Waals surface area (Å²) in [4.78, 5) is 0. The summed E-state index contributed by atoms with van der Waals surface area (Å²) in [5.41, 5.74) is 19.8. The average molecular weight is 566 g/mol. The third-order valence-corrected chi connectivity index (χ3v) is 9.99. The monoisotopic (exact) mass is 565 g/mol. The van der Waals surface area contributed by atoms with Gasteiger partial charge in [0.05, 0.1) is 19.6 Å². The molecule has 0 saturated carbocycles. The molecule has 5 aromatic carbocycles. The van der Waals surface area contributed by atoms with Gasteiger partial charge < -0.3 is 14.8 Å². The largest absolute Gasteiger partial charge is 0.493 e. The van der Waals surface area contributed by atoms with E-state index < -0.39 is 5.41 Å². The molecule has 3 heteroatoms. The summed E-state index contributed by atoms with van der Waals surface area (Å²) in [6.45, 7) is 13.2. The lowest BCUT2D eigenvalue weighted by molar-refractivity contribution is 0.354. The zero-order valence-corrected chi connectivity index (χ0v) is 26.5. The first kappa shape index (κ1) is 27.3. The Morgan fingerprint density at radius 2 is 1.09 bits per heavy atom. The molecule has 1 atom stereocenters. The van der Waals surface area contributed by atoms with Gasteiger partial charge in [0.1, 0.15) is 0 Å². The molecule has 0 aliphatic heterocycles. The molecule has 2 aliphatic rings. The lowest BCUT2D eigenvalue weighted by Crippen LogP contribution is -2.26. The minimum Gasteiger partial charge on any atom is -0.493 e. The van der Waals surface area contributed by atoms with Gasteiger partial charge in [0.25, 0.3) is 0 Å². The molecule has 0 saturated heterocycles. The van der Waals surface area contributed by atoms with Crippen molar-refractivity contribution in [1.29, 1.82) is 0 Å². The molecule has 5 aromatic rings. The fourth-order valence-electron chi connectivity index (χ4n) is 7.41. The summed E-state index contributed by atoms with van der Waals surface area (Å²) >= 11 is 0. The Morgan fingerprint density at radius 3 is 1.81 bits per heavy atom. The van der Waals surface area contributed by atoms with Gasteiger partial charge in [-0.3, -0.25) is 0 Å². The average Bonchev–Trinajstić information content (AvgIpc) is 3.44. The Labute approximate surface area is 255 Å². The van der Waals surface area contributed by atoms with Gasteiger partial charge >= 0.3 is 0 Å².